The van der Waals surface area contributed by atoms with Crippen LogP contribution in [0.2, 0.25) is 0 Å². The van der Waals surface area contributed by atoms with Crippen LogP contribution in [-0.2, 0) is 16.0 Å². The standard InChI is InChI=1S/C20H27N3O2S/c1-3-6-15-8-10-16(11-9-15)20(17-7-5-12-26-17)23-14-19(25)22-13-18(24)21-4-2/h5,7-12,20,23H,3-4,6,13-14H2,1-2H3,(H,21,24)(H,22,25)/p+1/t20-/m1/s1. The predicted molar refractivity (Wildman–Crippen MR) is 105 cm³/mol. The van der Waals surface area contributed by atoms with Crippen molar-refractivity contribution in [3.63, 3.8) is 0 Å². The Bertz CT molecular complexity index is 684. The predicted octanol–water partition coefficient (Wildman–Crippen LogP) is 1.61. The highest BCUT2D eigenvalue weighted by Crippen LogP contribution is 2.23. The lowest BCUT2D eigenvalue weighted by molar-refractivity contribution is -0.676. The Morgan fingerprint density at radius 3 is 2.46 bits per heavy atom. The Labute approximate surface area is 159 Å². The van der Waals surface area contributed by atoms with Crippen molar-refractivity contribution in [1.82, 2.24) is 10.6 Å². The zero-order chi connectivity index (χ0) is 18.8. The van der Waals surface area contributed by atoms with Crippen molar-refractivity contribution in [2.24, 2.45) is 0 Å². The number of carbonyl (C=O) groups excluding carboxylic acids is 2. The smallest absolute Gasteiger partial charge is 0.275 e. The number of nitrogens with one attached hydrogen (secondary N) is 2. The summed E-state index contributed by atoms with van der Waals surface area (Å²) in [6.07, 6.45) is 2.21. The SMILES string of the molecule is CCCc1ccc([C@@H]([NH2+]CC(=O)NCC(=O)NCC)c2cccs2)cc1. The molecule has 2 rings (SSSR count). The molecule has 0 radical (unpaired) electrons. The number of hydrogen-bond acceptors (Lipinski definition) is 3. The van der Waals surface area contributed by atoms with Crippen molar-refractivity contribution in [2.45, 2.75) is 32.7 Å². The van der Waals surface area contributed by atoms with Crippen LogP contribution < -0.4 is 16.0 Å². The van der Waals surface area contributed by atoms with Gasteiger partial charge in [0, 0.05) is 12.1 Å². The quantitative estimate of drug-likeness (QED) is 0.591. The highest BCUT2D eigenvalue weighted by molar-refractivity contribution is 7.10. The molecule has 0 fully saturated rings. The minimum atomic E-state index is -0.165. The van der Waals surface area contributed by atoms with Gasteiger partial charge in [-0.25, -0.2) is 0 Å². The van der Waals surface area contributed by atoms with E-state index in [0.717, 1.165) is 12.8 Å². The lowest BCUT2D eigenvalue weighted by atomic mass is 10.0. The van der Waals surface area contributed by atoms with E-state index in [1.54, 1.807) is 11.3 Å². The summed E-state index contributed by atoms with van der Waals surface area (Å²) < 4.78 is 0. The molecule has 0 aliphatic rings. The Morgan fingerprint density at radius 2 is 1.85 bits per heavy atom. The molecule has 1 aromatic heterocycles. The number of amides is 2. The third-order valence-electron chi connectivity index (χ3n) is 4.09. The number of hydrogen-bond donors (Lipinski definition) is 3. The van der Waals surface area contributed by atoms with E-state index in [-0.39, 0.29) is 30.9 Å². The van der Waals surface area contributed by atoms with Crippen LogP contribution in [0.4, 0.5) is 0 Å². The van der Waals surface area contributed by atoms with Crippen molar-refractivity contribution in [2.75, 3.05) is 19.6 Å². The topological polar surface area (TPSA) is 74.8 Å². The molecule has 0 aliphatic carbocycles. The minimum absolute atomic E-state index is 0.0237. The van der Waals surface area contributed by atoms with Crippen LogP contribution in [0.25, 0.3) is 0 Å². The number of carbonyl (C=O) groups is 2. The minimum Gasteiger partial charge on any atom is -0.355 e. The van der Waals surface area contributed by atoms with Crippen molar-refractivity contribution in [3.05, 3.63) is 57.8 Å². The third kappa shape index (κ3) is 6.28. The Morgan fingerprint density at radius 1 is 1.08 bits per heavy atom. The average molecular weight is 375 g/mol. The maximum absolute atomic E-state index is 12.1. The molecule has 1 atom stereocenters. The summed E-state index contributed by atoms with van der Waals surface area (Å²) in [4.78, 5) is 24.7. The molecule has 0 saturated heterocycles. The van der Waals surface area contributed by atoms with Crippen LogP contribution in [0, 0.1) is 0 Å². The molecule has 5 nitrogen and oxygen atoms in total. The third-order valence-corrected chi connectivity index (χ3v) is 5.04. The second kappa shape index (κ2) is 10.7. The van der Waals surface area contributed by atoms with Gasteiger partial charge in [-0.1, -0.05) is 43.7 Å². The van der Waals surface area contributed by atoms with Crippen LogP contribution in [0.5, 0.6) is 0 Å². The van der Waals surface area contributed by atoms with Gasteiger partial charge in [0.05, 0.1) is 11.4 Å². The molecular weight excluding hydrogens is 346 g/mol. The highest BCUT2D eigenvalue weighted by atomic mass is 32.1. The normalized spacial score (nSPS) is 11.8. The van der Waals surface area contributed by atoms with Crippen LogP contribution in [0.15, 0.2) is 41.8 Å². The maximum Gasteiger partial charge on any atom is 0.275 e. The summed E-state index contributed by atoms with van der Waals surface area (Å²) in [6, 6.07) is 12.8. The van der Waals surface area contributed by atoms with Crippen molar-refractivity contribution in [1.29, 1.82) is 0 Å². The zero-order valence-electron chi connectivity index (χ0n) is 15.5. The zero-order valence-corrected chi connectivity index (χ0v) is 16.3. The highest BCUT2D eigenvalue weighted by Gasteiger charge is 2.20. The Hall–Kier alpha value is -2.18. The number of nitrogens with two attached hydrogens (primary N) is 1. The molecule has 0 saturated carbocycles. The van der Waals surface area contributed by atoms with Crippen LogP contribution in [-0.4, -0.2) is 31.4 Å². The van der Waals surface area contributed by atoms with Gasteiger partial charge >= 0.3 is 0 Å². The van der Waals surface area contributed by atoms with Gasteiger partial charge in [-0.15, -0.1) is 11.3 Å². The van der Waals surface area contributed by atoms with Crippen molar-refractivity contribution < 1.29 is 14.9 Å². The van der Waals surface area contributed by atoms with E-state index in [4.69, 9.17) is 0 Å². The molecule has 0 aliphatic heterocycles. The van der Waals surface area contributed by atoms with Crippen molar-refractivity contribution in [3.8, 4) is 0 Å². The van der Waals surface area contributed by atoms with Gasteiger partial charge in [-0.3, -0.25) is 9.59 Å². The molecule has 1 heterocycles. The first-order valence-corrected chi connectivity index (χ1v) is 10.0. The van der Waals surface area contributed by atoms with Gasteiger partial charge in [0.2, 0.25) is 5.91 Å². The Kier molecular flexibility index (Phi) is 8.31. The second-order valence-electron chi connectivity index (χ2n) is 6.15. The molecule has 0 unspecified atom stereocenters. The fraction of sp³-hybridized carbons (Fsp3) is 0.400. The molecule has 2 aromatic rings. The first kappa shape index (κ1) is 20.1. The van der Waals surface area contributed by atoms with E-state index in [0.29, 0.717) is 6.54 Å². The first-order chi connectivity index (χ1) is 12.6. The monoisotopic (exact) mass is 374 g/mol. The van der Waals surface area contributed by atoms with E-state index in [1.165, 1.54) is 16.0 Å². The lowest BCUT2D eigenvalue weighted by Crippen LogP contribution is -2.87. The largest absolute Gasteiger partial charge is 0.355 e. The summed E-state index contributed by atoms with van der Waals surface area (Å²) in [5.41, 5.74) is 2.52. The fourth-order valence-corrected chi connectivity index (χ4v) is 3.65. The molecule has 6 heteroatoms. The van der Waals surface area contributed by atoms with Crippen LogP contribution >= 0.6 is 11.3 Å². The van der Waals surface area contributed by atoms with Gasteiger partial charge < -0.3 is 16.0 Å². The first-order valence-electron chi connectivity index (χ1n) is 9.13. The number of quaternary nitrogens is 1. The summed E-state index contributed by atoms with van der Waals surface area (Å²) in [6.45, 7) is 4.89. The molecule has 1 aromatic carbocycles. The molecule has 26 heavy (non-hydrogen) atoms. The van der Waals surface area contributed by atoms with E-state index in [1.807, 2.05) is 18.3 Å². The van der Waals surface area contributed by atoms with Gasteiger partial charge in [0.25, 0.3) is 5.91 Å². The lowest BCUT2D eigenvalue weighted by Gasteiger charge is -2.15. The summed E-state index contributed by atoms with van der Waals surface area (Å²) in [5.74, 6) is -0.303. The van der Waals surface area contributed by atoms with E-state index in [2.05, 4.69) is 53.3 Å². The summed E-state index contributed by atoms with van der Waals surface area (Å²) in [7, 11) is 0. The molecule has 0 spiro atoms. The molecular formula is C20H28N3O2S+. The van der Waals surface area contributed by atoms with E-state index in [9.17, 15) is 9.59 Å². The number of aryl methyl sites for hydroxylation is 1. The van der Waals surface area contributed by atoms with Gasteiger partial charge in [-0.05, 0) is 30.4 Å². The van der Waals surface area contributed by atoms with Crippen molar-refractivity contribution >= 4 is 23.2 Å². The Balaban J connectivity index is 1.98. The molecule has 4 N–H and O–H groups in total. The average Bonchev–Trinajstić information content (AvgIpc) is 3.16. The van der Waals surface area contributed by atoms with Crippen LogP contribution in [0.1, 0.15) is 42.3 Å². The van der Waals surface area contributed by atoms with E-state index >= 15 is 0 Å². The number of benzene rings is 1. The molecule has 140 valence electrons. The number of rotatable bonds is 10. The summed E-state index contributed by atoms with van der Waals surface area (Å²) in [5, 5.41) is 9.41. The summed E-state index contributed by atoms with van der Waals surface area (Å²) >= 11 is 1.69. The van der Waals surface area contributed by atoms with Gasteiger partial charge in [0.1, 0.15) is 6.04 Å². The van der Waals surface area contributed by atoms with Gasteiger partial charge in [0.15, 0.2) is 6.54 Å². The fourth-order valence-electron chi connectivity index (χ4n) is 2.80. The molecule has 0 bridgehead atoms. The molecule has 2 amide bonds. The van der Waals surface area contributed by atoms with Gasteiger partial charge in [-0.2, -0.15) is 0 Å². The number of likely N-dealkylation sites (N-methyl/N-ethyl adjacent to an activating group) is 1. The van der Waals surface area contributed by atoms with Crippen LogP contribution in [0.3, 0.4) is 0 Å². The number of thiophene rings is 1. The van der Waals surface area contributed by atoms with E-state index < -0.39 is 0 Å². The second-order valence-corrected chi connectivity index (χ2v) is 7.13. The maximum atomic E-state index is 12.1.